The molecule has 0 atom stereocenters. The lowest BCUT2D eigenvalue weighted by atomic mass is 9.94. The van der Waals surface area contributed by atoms with Gasteiger partial charge in [0.25, 0.3) is 0 Å². The van der Waals surface area contributed by atoms with Crippen LogP contribution in [0.15, 0.2) is 12.1 Å². The molecule has 7 heteroatoms. The van der Waals surface area contributed by atoms with Crippen molar-refractivity contribution in [1.82, 2.24) is 5.32 Å². The molecule has 4 nitrogen and oxygen atoms in total. The van der Waals surface area contributed by atoms with Crippen LogP contribution in [0.3, 0.4) is 0 Å². The third-order valence-corrected chi connectivity index (χ3v) is 3.28. The van der Waals surface area contributed by atoms with Gasteiger partial charge in [-0.15, -0.1) is 0 Å². The van der Waals surface area contributed by atoms with E-state index in [0.717, 1.165) is 0 Å². The van der Waals surface area contributed by atoms with E-state index in [9.17, 15) is 23.1 Å². The Labute approximate surface area is 115 Å². The molecule has 1 rings (SSSR count). The van der Waals surface area contributed by atoms with Crippen molar-refractivity contribution >= 4 is 11.7 Å². The Morgan fingerprint density at radius 3 is 2.10 bits per heavy atom. The summed E-state index contributed by atoms with van der Waals surface area (Å²) in [6, 6.07) is 0.0714. The van der Waals surface area contributed by atoms with Crippen LogP contribution in [0.1, 0.15) is 26.7 Å². The van der Waals surface area contributed by atoms with Crippen molar-refractivity contribution in [3.8, 4) is 0 Å². The van der Waals surface area contributed by atoms with Crippen molar-refractivity contribution in [3.05, 3.63) is 29.6 Å². The summed E-state index contributed by atoms with van der Waals surface area (Å²) in [6.07, 6.45) is 0.892. The Hall–Kier alpha value is -1.76. The van der Waals surface area contributed by atoms with E-state index in [0.29, 0.717) is 25.0 Å². The van der Waals surface area contributed by atoms with Gasteiger partial charge in [0.1, 0.15) is 11.5 Å². The molecule has 0 aromatic heterocycles. The molecule has 0 aliphatic heterocycles. The van der Waals surface area contributed by atoms with Gasteiger partial charge in [-0.25, -0.2) is 18.0 Å². The Bertz CT molecular complexity index is 459. The number of rotatable bonds is 5. The molecule has 2 amide bonds. The molecular weight excluding hydrogens is 273 g/mol. The average Bonchev–Trinajstić information content (AvgIpc) is 2.40. The Kier molecular flexibility index (Phi) is 5.38. The van der Waals surface area contributed by atoms with Crippen LogP contribution in [0.5, 0.6) is 0 Å². The molecule has 112 valence electrons. The lowest BCUT2D eigenvalue weighted by molar-refractivity contribution is 0.155. The van der Waals surface area contributed by atoms with E-state index < -0.39 is 34.7 Å². The number of halogens is 3. The number of aliphatic hydroxyl groups is 1. The zero-order chi connectivity index (χ0) is 15.3. The Morgan fingerprint density at radius 1 is 1.20 bits per heavy atom. The summed E-state index contributed by atoms with van der Waals surface area (Å²) in [5.41, 5.74) is -1.60. The number of anilines is 1. The molecular formula is C13H17F3N2O2. The second-order valence-electron chi connectivity index (χ2n) is 4.47. The van der Waals surface area contributed by atoms with Crippen molar-refractivity contribution in [3.63, 3.8) is 0 Å². The van der Waals surface area contributed by atoms with Crippen LogP contribution in [0.2, 0.25) is 0 Å². The van der Waals surface area contributed by atoms with Gasteiger partial charge >= 0.3 is 6.03 Å². The summed E-state index contributed by atoms with van der Waals surface area (Å²) in [5.74, 6) is -3.49. The highest BCUT2D eigenvalue weighted by Gasteiger charge is 2.27. The Morgan fingerprint density at radius 2 is 1.70 bits per heavy atom. The molecule has 0 aliphatic carbocycles. The number of aliphatic hydroxyl groups excluding tert-OH is 1. The largest absolute Gasteiger partial charge is 0.394 e. The first-order valence-electron chi connectivity index (χ1n) is 6.22. The van der Waals surface area contributed by atoms with E-state index in [1.54, 1.807) is 13.8 Å². The maximum Gasteiger partial charge on any atom is 0.319 e. The van der Waals surface area contributed by atoms with Crippen molar-refractivity contribution < 1.29 is 23.1 Å². The van der Waals surface area contributed by atoms with E-state index in [1.165, 1.54) is 0 Å². The van der Waals surface area contributed by atoms with Gasteiger partial charge in [-0.3, -0.25) is 0 Å². The molecule has 0 unspecified atom stereocenters. The van der Waals surface area contributed by atoms with E-state index in [1.807, 2.05) is 5.32 Å². The smallest absolute Gasteiger partial charge is 0.319 e. The van der Waals surface area contributed by atoms with E-state index >= 15 is 0 Å². The highest BCUT2D eigenvalue weighted by Crippen LogP contribution is 2.21. The highest BCUT2D eigenvalue weighted by molar-refractivity contribution is 5.90. The predicted octanol–water partition coefficient (Wildman–Crippen LogP) is 2.78. The number of hydrogen-bond donors (Lipinski definition) is 3. The van der Waals surface area contributed by atoms with Gasteiger partial charge in [0.15, 0.2) is 11.6 Å². The van der Waals surface area contributed by atoms with Crippen LogP contribution >= 0.6 is 0 Å². The maximum absolute atomic E-state index is 13.4. The first kappa shape index (κ1) is 16.3. The fraction of sp³-hybridized carbons (Fsp3) is 0.462. The van der Waals surface area contributed by atoms with Gasteiger partial charge in [-0.1, -0.05) is 13.8 Å². The molecule has 0 radical (unpaired) electrons. The van der Waals surface area contributed by atoms with Crippen molar-refractivity contribution in [2.75, 3.05) is 11.9 Å². The molecule has 0 bridgehead atoms. The van der Waals surface area contributed by atoms with Gasteiger partial charge in [0, 0.05) is 12.1 Å². The zero-order valence-electron chi connectivity index (χ0n) is 11.3. The summed E-state index contributed by atoms with van der Waals surface area (Å²) in [4.78, 5) is 11.7. The third-order valence-electron chi connectivity index (χ3n) is 3.28. The van der Waals surface area contributed by atoms with Crippen LogP contribution in [0, 0.1) is 17.5 Å². The lowest BCUT2D eigenvalue weighted by Gasteiger charge is -2.30. The normalized spacial score (nSPS) is 11.3. The molecule has 0 saturated heterocycles. The summed E-state index contributed by atoms with van der Waals surface area (Å²) in [7, 11) is 0. The molecule has 0 spiro atoms. The van der Waals surface area contributed by atoms with E-state index in [2.05, 4.69) is 5.32 Å². The predicted molar refractivity (Wildman–Crippen MR) is 68.9 cm³/mol. The van der Waals surface area contributed by atoms with Gasteiger partial charge in [-0.05, 0) is 12.8 Å². The number of carbonyl (C=O) groups excluding carboxylic acids is 1. The van der Waals surface area contributed by atoms with Crippen molar-refractivity contribution in [2.24, 2.45) is 0 Å². The quantitative estimate of drug-likeness (QED) is 0.781. The van der Waals surface area contributed by atoms with Gasteiger partial charge < -0.3 is 15.7 Å². The first-order valence-corrected chi connectivity index (χ1v) is 6.22. The molecule has 1 aromatic carbocycles. The minimum Gasteiger partial charge on any atom is -0.394 e. The topological polar surface area (TPSA) is 61.4 Å². The minimum absolute atomic E-state index is 0.304. The third kappa shape index (κ3) is 3.63. The monoisotopic (exact) mass is 290 g/mol. The number of urea groups is 1. The second-order valence-corrected chi connectivity index (χ2v) is 4.47. The summed E-state index contributed by atoms with van der Waals surface area (Å²) < 4.78 is 39.5. The van der Waals surface area contributed by atoms with Crippen LogP contribution in [0.4, 0.5) is 23.7 Å². The molecule has 0 saturated carbocycles. The zero-order valence-corrected chi connectivity index (χ0v) is 11.3. The van der Waals surface area contributed by atoms with Gasteiger partial charge in [0.2, 0.25) is 0 Å². The average molecular weight is 290 g/mol. The number of carbonyl (C=O) groups is 1. The molecule has 0 fully saturated rings. The standard InChI is InChI=1S/C13H17F3N2O2/c1-3-13(4-2,7-19)18-12(20)17-11-9(15)5-8(14)6-10(11)16/h5-6,19H,3-4,7H2,1-2H3,(H2,17,18,20). The Balaban J connectivity index is 2.87. The number of nitrogens with one attached hydrogen (secondary N) is 2. The van der Waals surface area contributed by atoms with Crippen LogP contribution in [-0.4, -0.2) is 23.3 Å². The summed E-state index contributed by atoms with van der Waals surface area (Å²) in [6.45, 7) is 3.22. The fourth-order valence-electron chi connectivity index (χ4n) is 1.74. The van der Waals surface area contributed by atoms with Crippen molar-refractivity contribution in [1.29, 1.82) is 0 Å². The van der Waals surface area contributed by atoms with E-state index in [4.69, 9.17) is 0 Å². The van der Waals surface area contributed by atoms with Crippen LogP contribution < -0.4 is 10.6 Å². The number of amides is 2. The first-order chi connectivity index (χ1) is 9.37. The van der Waals surface area contributed by atoms with Crippen LogP contribution in [0.25, 0.3) is 0 Å². The fourth-order valence-corrected chi connectivity index (χ4v) is 1.74. The summed E-state index contributed by atoms with van der Waals surface area (Å²) in [5, 5.41) is 13.8. The molecule has 0 aliphatic rings. The number of hydrogen-bond acceptors (Lipinski definition) is 2. The maximum atomic E-state index is 13.4. The van der Waals surface area contributed by atoms with Gasteiger partial charge in [-0.2, -0.15) is 0 Å². The molecule has 3 N–H and O–H groups in total. The SMILES string of the molecule is CCC(CC)(CO)NC(=O)Nc1c(F)cc(F)cc1F. The second kappa shape index (κ2) is 6.60. The van der Waals surface area contributed by atoms with Gasteiger partial charge in [0.05, 0.1) is 12.1 Å². The van der Waals surface area contributed by atoms with E-state index in [-0.39, 0.29) is 6.61 Å². The minimum atomic E-state index is -1.21. The van der Waals surface area contributed by atoms with Crippen LogP contribution in [-0.2, 0) is 0 Å². The molecule has 1 aromatic rings. The molecule has 20 heavy (non-hydrogen) atoms. The highest BCUT2D eigenvalue weighted by atomic mass is 19.1. The summed E-state index contributed by atoms with van der Waals surface area (Å²) >= 11 is 0. The van der Waals surface area contributed by atoms with Crippen molar-refractivity contribution in [2.45, 2.75) is 32.2 Å². The molecule has 0 heterocycles. The number of benzene rings is 1. The lowest BCUT2D eigenvalue weighted by Crippen LogP contribution is -2.52.